The Kier molecular flexibility index (Phi) is 7.67. The van der Waals surface area contributed by atoms with Gasteiger partial charge in [-0.1, -0.05) is 0 Å². The zero-order valence-electron chi connectivity index (χ0n) is 18.8. The van der Waals surface area contributed by atoms with Crippen molar-refractivity contribution in [2.75, 3.05) is 58.4 Å². The number of methoxy groups -OCH3 is 1. The highest BCUT2D eigenvalue weighted by molar-refractivity contribution is 7.89. The number of rotatable bonds is 10. The van der Waals surface area contributed by atoms with E-state index in [0.717, 1.165) is 5.39 Å². The first-order valence-electron chi connectivity index (χ1n) is 10.9. The fourth-order valence-corrected chi connectivity index (χ4v) is 4.97. The van der Waals surface area contributed by atoms with Crippen LogP contribution in [0, 0.1) is 0 Å². The summed E-state index contributed by atoms with van der Waals surface area (Å²) in [6.07, 6.45) is 3.14. The van der Waals surface area contributed by atoms with Crippen molar-refractivity contribution >= 4 is 32.8 Å². The molecule has 1 aliphatic rings. The highest BCUT2D eigenvalue weighted by Crippen LogP contribution is 2.19. The van der Waals surface area contributed by atoms with Crippen molar-refractivity contribution in [1.29, 1.82) is 0 Å². The van der Waals surface area contributed by atoms with Gasteiger partial charge in [-0.25, -0.2) is 23.1 Å². The SMILES string of the molecule is COCCNc1ncnc2c1cnn2CCNC(=O)c1ccc(S(=O)(=O)N2CCOCC2)cc1. The first-order chi connectivity index (χ1) is 16.5. The van der Waals surface area contributed by atoms with Gasteiger partial charge in [-0.2, -0.15) is 9.40 Å². The molecule has 3 heterocycles. The van der Waals surface area contributed by atoms with Crippen molar-refractivity contribution in [3.8, 4) is 0 Å². The molecule has 13 heteroatoms. The van der Waals surface area contributed by atoms with Crippen LogP contribution < -0.4 is 10.6 Å². The summed E-state index contributed by atoms with van der Waals surface area (Å²) in [6, 6.07) is 5.93. The van der Waals surface area contributed by atoms with Crippen LogP contribution in [0.4, 0.5) is 5.82 Å². The summed E-state index contributed by atoms with van der Waals surface area (Å²) in [5.74, 6) is 0.368. The average molecular weight is 490 g/mol. The highest BCUT2D eigenvalue weighted by atomic mass is 32.2. The number of anilines is 1. The van der Waals surface area contributed by atoms with Crippen LogP contribution in [0.5, 0.6) is 0 Å². The average Bonchev–Trinajstić information content (AvgIpc) is 3.28. The molecule has 34 heavy (non-hydrogen) atoms. The number of ether oxygens (including phenoxy) is 2. The molecule has 0 aliphatic carbocycles. The normalized spacial score (nSPS) is 14.9. The molecule has 2 aromatic heterocycles. The third-order valence-electron chi connectivity index (χ3n) is 5.37. The van der Waals surface area contributed by atoms with Crippen LogP contribution in [-0.4, -0.2) is 91.5 Å². The minimum Gasteiger partial charge on any atom is -0.383 e. The number of morpholine rings is 1. The number of hydrogen-bond acceptors (Lipinski definition) is 9. The monoisotopic (exact) mass is 489 g/mol. The molecular formula is C21H27N7O5S. The number of carbonyl (C=O) groups excluding carboxylic acids is 1. The van der Waals surface area contributed by atoms with E-state index in [-0.39, 0.29) is 10.8 Å². The first kappa shape index (κ1) is 24.0. The molecule has 1 saturated heterocycles. The van der Waals surface area contributed by atoms with Gasteiger partial charge in [-0.15, -0.1) is 0 Å². The molecule has 0 unspecified atom stereocenters. The van der Waals surface area contributed by atoms with Crippen molar-refractivity contribution in [3.63, 3.8) is 0 Å². The molecule has 0 radical (unpaired) electrons. The van der Waals surface area contributed by atoms with Crippen LogP contribution in [-0.2, 0) is 26.0 Å². The molecule has 1 aliphatic heterocycles. The number of benzene rings is 1. The fourth-order valence-electron chi connectivity index (χ4n) is 3.56. The van der Waals surface area contributed by atoms with Gasteiger partial charge in [0.15, 0.2) is 5.65 Å². The summed E-state index contributed by atoms with van der Waals surface area (Å²) in [5.41, 5.74) is 1.03. The van der Waals surface area contributed by atoms with Crippen molar-refractivity contribution in [1.82, 2.24) is 29.4 Å². The van der Waals surface area contributed by atoms with Crippen molar-refractivity contribution in [2.45, 2.75) is 11.4 Å². The van der Waals surface area contributed by atoms with Gasteiger partial charge in [0.2, 0.25) is 10.0 Å². The van der Waals surface area contributed by atoms with Gasteiger partial charge in [0.05, 0.1) is 42.8 Å². The van der Waals surface area contributed by atoms with Gasteiger partial charge in [0.25, 0.3) is 5.91 Å². The predicted octanol–water partition coefficient (Wildman–Crippen LogP) is 0.336. The number of carbonyl (C=O) groups is 1. The Hall–Kier alpha value is -3.13. The van der Waals surface area contributed by atoms with E-state index in [9.17, 15) is 13.2 Å². The summed E-state index contributed by atoms with van der Waals surface area (Å²) in [6.45, 7) is 3.28. The molecule has 3 aromatic rings. The summed E-state index contributed by atoms with van der Waals surface area (Å²) in [5, 5.41) is 11.1. The summed E-state index contributed by atoms with van der Waals surface area (Å²) in [4.78, 5) is 21.2. The van der Waals surface area contributed by atoms with E-state index < -0.39 is 10.0 Å². The number of sulfonamides is 1. The lowest BCUT2D eigenvalue weighted by Gasteiger charge is -2.26. The molecule has 1 aromatic carbocycles. The lowest BCUT2D eigenvalue weighted by molar-refractivity contribution is 0.0730. The van der Waals surface area contributed by atoms with Gasteiger partial charge >= 0.3 is 0 Å². The Balaban J connectivity index is 1.34. The molecule has 0 bridgehead atoms. The van der Waals surface area contributed by atoms with E-state index in [1.165, 1.54) is 34.9 Å². The zero-order valence-corrected chi connectivity index (χ0v) is 19.6. The predicted molar refractivity (Wildman–Crippen MR) is 124 cm³/mol. The number of fused-ring (bicyclic) bond motifs is 1. The maximum absolute atomic E-state index is 12.7. The standard InChI is InChI=1S/C21H27N7O5S/c1-32-11-7-22-19-18-14-26-28(20(18)25-15-24-19)8-6-23-21(29)16-2-4-17(5-3-16)34(30,31)27-9-12-33-13-10-27/h2-5,14-15H,6-13H2,1H3,(H,23,29)(H,22,24,25). The minimum absolute atomic E-state index is 0.156. The van der Waals surface area contributed by atoms with Crippen LogP contribution >= 0.6 is 0 Å². The van der Waals surface area contributed by atoms with E-state index in [0.29, 0.717) is 69.6 Å². The Bertz CT molecular complexity index is 1220. The van der Waals surface area contributed by atoms with Gasteiger partial charge in [0.1, 0.15) is 12.1 Å². The molecule has 1 fully saturated rings. The number of amides is 1. The van der Waals surface area contributed by atoms with Gasteiger partial charge in [-0.05, 0) is 24.3 Å². The van der Waals surface area contributed by atoms with Gasteiger partial charge in [-0.3, -0.25) is 4.79 Å². The van der Waals surface area contributed by atoms with Crippen molar-refractivity contribution in [2.24, 2.45) is 0 Å². The smallest absolute Gasteiger partial charge is 0.251 e. The second-order valence-corrected chi connectivity index (χ2v) is 9.48. The Labute approximate surface area is 197 Å². The third kappa shape index (κ3) is 5.33. The fraction of sp³-hybridized carbons (Fsp3) is 0.429. The van der Waals surface area contributed by atoms with E-state index >= 15 is 0 Å². The molecule has 0 saturated carbocycles. The molecule has 0 spiro atoms. The van der Waals surface area contributed by atoms with E-state index in [2.05, 4.69) is 25.7 Å². The quantitative estimate of drug-likeness (QED) is 0.386. The molecule has 0 atom stereocenters. The summed E-state index contributed by atoms with van der Waals surface area (Å²) >= 11 is 0. The topological polar surface area (TPSA) is 141 Å². The van der Waals surface area contributed by atoms with Gasteiger partial charge < -0.3 is 20.1 Å². The summed E-state index contributed by atoms with van der Waals surface area (Å²) < 4.78 is 38.8. The minimum atomic E-state index is -3.60. The molecule has 4 rings (SSSR count). The van der Waals surface area contributed by atoms with E-state index in [1.807, 2.05) is 0 Å². The second kappa shape index (κ2) is 10.9. The zero-order chi connectivity index (χ0) is 24.0. The van der Waals surface area contributed by atoms with Crippen molar-refractivity contribution < 1.29 is 22.7 Å². The molecule has 182 valence electrons. The lowest BCUT2D eigenvalue weighted by atomic mass is 10.2. The van der Waals surface area contributed by atoms with E-state index in [4.69, 9.17) is 9.47 Å². The Morgan fingerprint density at radius 2 is 1.91 bits per heavy atom. The largest absolute Gasteiger partial charge is 0.383 e. The summed E-state index contributed by atoms with van der Waals surface area (Å²) in [7, 11) is -1.97. The number of hydrogen-bond donors (Lipinski definition) is 2. The Morgan fingerprint density at radius 3 is 2.65 bits per heavy atom. The molecular weight excluding hydrogens is 462 g/mol. The van der Waals surface area contributed by atoms with Crippen LogP contribution in [0.25, 0.3) is 11.0 Å². The van der Waals surface area contributed by atoms with Crippen LogP contribution in [0.1, 0.15) is 10.4 Å². The third-order valence-corrected chi connectivity index (χ3v) is 7.28. The first-order valence-corrected chi connectivity index (χ1v) is 12.3. The maximum atomic E-state index is 12.7. The lowest BCUT2D eigenvalue weighted by Crippen LogP contribution is -2.40. The van der Waals surface area contributed by atoms with Crippen LogP contribution in [0.15, 0.2) is 41.7 Å². The molecule has 1 amide bonds. The van der Waals surface area contributed by atoms with Crippen LogP contribution in [0.3, 0.4) is 0 Å². The van der Waals surface area contributed by atoms with Crippen molar-refractivity contribution in [3.05, 3.63) is 42.4 Å². The number of nitrogens with one attached hydrogen (secondary N) is 2. The number of nitrogens with zero attached hydrogens (tertiary/aromatic N) is 5. The highest BCUT2D eigenvalue weighted by Gasteiger charge is 2.26. The Morgan fingerprint density at radius 1 is 1.15 bits per heavy atom. The second-order valence-electron chi connectivity index (χ2n) is 7.54. The van der Waals surface area contributed by atoms with Crippen LogP contribution in [0.2, 0.25) is 0 Å². The van der Waals surface area contributed by atoms with E-state index in [1.54, 1.807) is 18.0 Å². The maximum Gasteiger partial charge on any atom is 0.251 e. The van der Waals surface area contributed by atoms with Gasteiger partial charge in [0, 0.05) is 38.9 Å². The molecule has 2 N–H and O–H groups in total. The molecule has 12 nitrogen and oxygen atoms in total. The number of aromatic nitrogens is 4.